The van der Waals surface area contributed by atoms with Crippen molar-refractivity contribution in [2.75, 3.05) is 0 Å². The second-order valence-corrected chi connectivity index (χ2v) is 7.59. The van der Waals surface area contributed by atoms with E-state index < -0.39 is 0 Å². The standard InChI is InChI=1S/C14H20N2S2/c1-10(12-6-5-7-17-12)15-8-11-9-16-13(18-11)14(2,3)4/h5-7,9-10,15H,8H2,1-4H3/t10-/m1/s1. The molecule has 2 nitrogen and oxygen atoms in total. The van der Waals surface area contributed by atoms with Crippen LogP contribution in [0.2, 0.25) is 0 Å². The predicted octanol–water partition coefficient (Wildman–Crippen LogP) is 4.35. The number of hydrogen-bond acceptors (Lipinski definition) is 4. The normalized spacial score (nSPS) is 13.8. The van der Waals surface area contributed by atoms with Crippen LogP contribution >= 0.6 is 22.7 Å². The van der Waals surface area contributed by atoms with Crippen LogP contribution in [0.5, 0.6) is 0 Å². The molecule has 0 saturated carbocycles. The molecule has 4 heteroatoms. The highest BCUT2D eigenvalue weighted by Crippen LogP contribution is 2.27. The van der Waals surface area contributed by atoms with Gasteiger partial charge in [-0.1, -0.05) is 26.8 Å². The van der Waals surface area contributed by atoms with E-state index in [1.165, 1.54) is 14.8 Å². The van der Waals surface area contributed by atoms with E-state index in [9.17, 15) is 0 Å². The summed E-state index contributed by atoms with van der Waals surface area (Å²) >= 11 is 3.61. The van der Waals surface area contributed by atoms with Crippen LogP contribution in [0.3, 0.4) is 0 Å². The molecule has 18 heavy (non-hydrogen) atoms. The molecule has 0 aromatic carbocycles. The molecule has 0 aliphatic rings. The highest BCUT2D eigenvalue weighted by atomic mass is 32.1. The van der Waals surface area contributed by atoms with Crippen LogP contribution < -0.4 is 5.32 Å². The van der Waals surface area contributed by atoms with Gasteiger partial charge in [-0.15, -0.1) is 22.7 Å². The van der Waals surface area contributed by atoms with Crippen LogP contribution in [0, 0.1) is 0 Å². The van der Waals surface area contributed by atoms with Crippen molar-refractivity contribution in [1.82, 2.24) is 10.3 Å². The quantitative estimate of drug-likeness (QED) is 0.900. The van der Waals surface area contributed by atoms with E-state index in [1.807, 2.05) is 17.5 Å². The Hall–Kier alpha value is -0.710. The minimum absolute atomic E-state index is 0.155. The molecule has 0 radical (unpaired) electrons. The Labute approximate surface area is 117 Å². The summed E-state index contributed by atoms with van der Waals surface area (Å²) in [6.07, 6.45) is 2.00. The molecule has 0 saturated heterocycles. The van der Waals surface area contributed by atoms with Gasteiger partial charge in [-0.25, -0.2) is 4.98 Å². The smallest absolute Gasteiger partial charge is 0.0981 e. The van der Waals surface area contributed by atoms with Gasteiger partial charge in [0, 0.05) is 34.0 Å². The first-order chi connectivity index (χ1) is 8.47. The molecule has 98 valence electrons. The van der Waals surface area contributed by atoms with Crippen LogP contribution in [0.15, 0.2) is 23.7 Å². The molecule has 0 amide bonds. The van der Waals surface area contributed by atoms with Gasteiger partial charge in [0.15, 0.2) is 0 Å². The van der Waals surface area contributed by atoms with Gasteiger partial charge in [-0.2, -0.15) is 0 Å². The molecular weight excluding hydrogens is 260 g/mol. The lowest BCUT2D eigenvalue weighted by atomic mass is 9.98. The summed E-state index contributed by atoms with van der Waals surface area (Å²) in [6, 6.07) is 4.68. The number of aromatic nitrogens is 1. The van der Waals surface area contributed by atoms with Crippen molar-refractivity contribution in [3.8, 4) is 0 Å². The fourth-order valence-corrected chi connectivity index (χ4v) is 3.31. The number of thiazole rings is 1. The zero-order chi connectivity index (χ0) is 13.2. The summed E-state index contributed by atoms with van der Waals surface area (Å²) in [7, 11) is 0. The average molecular weight is 280 g/mol. The Morgan fingerprint density at radius 2 is 2.17 bits per heavy atom. The first kappa shape index (κ1) is 13.7. The van der Waals surface area contributed by atoms with E-state index >= 15 is 0 Å². The molecule has 0 aliphatic carbocycles. The van der Waals surface area contributed by atoms with Crippen molar-refractivity contribution in [1.29, 1.82) is 0 Å². The van der Waals surface area contributed by atoms with Crippen LogP contribution in [-0.4, -0.2) is 4.98 Å². The number of nitrogens with one attached hydrogen (secondary N) is 1. The molecule has 2 rings (SSSR count). The van der Waals surface area contributed by atoms with Gasteiger partial charge in [0.25, 0.3) is 0 Å². The Morgan fingerprint density at radius 3 is 2.72 bits per heavy atom. The van der Waals surface area contributed by atoms with Gasteiger partial charge in [0.2, 0.25) is 0 Å². The monoisotopic (exact) mass is 280 g/mol. The molecule has 2 heterocycles. The molecule has 0 bridgehead atoms. The third kappa shape index (κ3) is 3.40. The molecule has 1 atom stereocenters. The Morgan fingerprint density at radius 1 is 1.39 bits per heavy atom. The lowest BCUT2D eigenvalue weighted by Gasteiger charge is -2.13. The lowest BCUT2D eigenvalue weighted by molar-refractivity contribution is 0.584. The van der Waals surface area contributed by atoms with Crippen molar-refractivity contribution in [3.05, 3.63) is 38.5 Å². The summed E-state index contributed by atoms with van der Waals surface area (Å²) in [5.74, 6) is 0. The summed E-state index contributed by atoms with van der Waals surface area (Å²) in [5, 5.41) is 6.88. The Bertz CT molecular complexity index is 480. The third-order valence-electron chi connectivity index (χ3n) is 2.75. The largest absolute Gasteiger partial charge is 0.304 e. The SMILES string of the molecule is C[C@@H](NCc1cnc(C(C)(C)C)s1)c1cccs1. The highest BCUT2D eigenvalue weighted by molar-refractivity contribution is 7.11. The Kier molecular flexibility index (Phi) is 4.20. The molecule has 2 aromatic rings. The third-order valence-corrected chi connectivity index (χ3v) is 5.23. The van der Waals surface area contributed by atoms with E-state index in [1.54, 1.807) is 11.3 Å². The first-order valence-corrected chi connectivity index (χ1v) is 7.88. The molecular formula is C14H20N2S2. The average Bonchev–Trinajstić information content (AvgIpc) is 2.96. The van der Waals surface area contributed by atoms with Crippen LogP contribution in [0.4, 0.5) is 0 Å². The number of rotatable bonds is 4. The van der Waals surface area contributed by atoms with E-state index in [4.69, 9.17) is 0 Å². The van der Waals surface area contributed by atoms with Gasteiger partial charge in [-0.05, 0) is 18.4 Å². The van der Waals surface area contributed by atoms with E-state index in [0.717, 1.165) is 6.54 Å². The van der Waals surface area contributed by atoms with Gasteiger partial charge >= 0.3 is 0 Å². The second kappa shape index (κ2) is 5.51. The van der Waals surface area contributed by atoms with Gasteiger partial charge < -0.3 is 5.32 Å². The minimum atomic E-state index is 0.155. The fourth-order valence-electron chi connectivity index (χ4n) is 1.63. The van der Waals surface area contributed by atoms with Crippen LogP contribution in [-0.2, 0) is 12.0 Å². The maximum atomic E-state index is 4.51. The summed E-state index contributed by atoms with van der Waals surface area (Å²) in [4.78, 5) is 7.20. The van der Waals surface area contributed by atoms with Crippen molar-refractivity contribution in [3.63, 3.8) is 0 Å². The van der Waals surface area contributed by atoms with E-state index in [2.05, 4.69) is 55.5 Å². The summed E-state index contributed by atoms with van der Waals surface area (Å²) in [5.41, 5.74) is 0.155. The Balaban J connectivity index is 1.93. The topological polar surface area (TPSA) is 24.9 Å². The first-order valence-electron chi connectivity index (χ1n) is 6.19. The molecule has 1 N–H and O–H groups in total. The summed E-state index contributed by atoms with van der Waals surface area (Å²) < 4.78 is 0. The van der Waals surface area contributed by atoms with Gasteiger partial charge in [0.1, 0.15) is 0 Å². The lowest BCUT2D eigenvalue weighted by Crippen LogP contribution is -2.16. The fraction of sp³-hybridized carbons (Fsp3) is 0.500. The molecule has 0 spiro atoms. The minimum Gasteiger partial charge on any atom is -0.304 e. The van der Waals surface area contributed by atoms with Crippen molar-refractivity contribution < 1.29 is 0 Å². The van der Waals surface area contributed by atoms with E-state index in [-0.39, 0.29) is 5.41 Å². The van der Waals surface area contributed by atoms with Crippen molar-refractivity contribution >= 4 is 22.7 Å². The second-order valence-electron chi connectivity index (χ2n) is 5.50. The number of thiophene rings is 1. The molecule has 2 aromatic heterocycles. The predicted molar refractivity (Wildman–Crippen MR) is 80.4 cm³/mol. The number of nitrogens with zero attached hydrogens (tertiary/aromatic N) is 1. The van der Waals surface area contributed by atoms with Crippen molar-refractivity contribution in [2.45, 2.75) is 45.7 Å². The maximum Gasteiger partial charge on any atom is 0.0981 e. The van der Waals surface area contributed by atoms with E-state index in [0.29, 0.717) is 6.04 Å². The molecule has 0 unspecified atom stereocenters. The number of hydrogen-bond donors (Lipinski definition) is 1. The van der Waals surface area contributed by atoms with Crippen molar-refractivity contribution in [2.24, 2.45) is 0 Å². The zero-order valence-corrected chi connectivity index (χ0v) is 13.0. The molecule has 0 fully saturated rings. The summed E-state index contributed by atoms with van der Waals surface area (Å²) in [6.45, 7) is 9.72. The van der Waals surface area contributed by atoms with Gasteiger partial charge in [0.05, 0.1) is 5.01 Å². The van der Waals surface area contributed by atoms with Crippen LogP contribution in [0.1, 0.15) is 48.5 Å². The highest BCUT2D eigenvalue weighted by Gasteiger charge is 2.18. The zero-order valence-electron chi connectivity index (χ0n) is 11.4. The van der Waals surface area contributed by atoms with Gasteiger partial charge in [-0.3, -0.25) is 0 Å². The molecule has 0 aliphatic heterocycles. The maximum absolute atomic E-state index is 4.51. The van der Waals surface area contributed by atoms with Crippen LogP contribution in [0.25, 0.3) is 0 Å².